The van der Waals surface area contributed by atoms with E-state index in [0.29, 0.717) is 0 Å². The van der Waals surface area contributed by atoms with Crippen LogP contribution in [0.4, 0.5) is 0 Å². The average molecular weight is 189 g/mol. The summed E-state index contributed by atoms with van der Waals surface area (Å²) in [7, 11) is 0. The Hall–Kier alpha value is -0.710. The molecule has 0 rings (SSSR count). The highest BCUT2D eigenvalue weighted by molar-refractivity contribution is 8.14. The molecule has 70 valence electrons. The predicted octanol–water partition coefficient (Wildman–Crippen LogP) is 0.526. The molecule has 4 nitrogen and oxygen atoms in total. The monoisotopic (exact) mass is 189 g/mol. The maximum Gasteiger partial charge on any atom is 0.233 e. The standard InChI is InChI=1S/C7H15N3OS/c1-4(2)10-6(11)5(3)12-7(8)9/h4-5H,1-3H3,(H3,8,9)(H,10,11). The first-order valence-corrected chi connectivity index (χ1v) is 4.62. The number of thioether (sulfide) groups is 1. The second-order valence-electron chi connectivity index (χ2n) is 2.79. The number of rotatable bonds is 3. The Morgan fingerprint density at radius 2 is 2.00 bits per heavy atom. The van der Waals surface area contributed by atoms with Crippen LogP contribution < -0.4 is 11.1 Å². The largest absolute Gasteiger partial charge is 0.379 e. The number of amidine groups is 1. The minimum Gasteiger partial charge on any atom is -0.379 e. The van der Waals surface area contributed by atoms with Crippen LogP contribution in [0.3, 0.4) is 0 Å². The molecule has 0 aliphatic carbocycles. The molecule has 0 aliphatic heterocycles. The molecule has 0 aromatic heterocycles. The highest BCUT2D eigenvalue weighted by Gasteiger charge is 2.14. The van der Waals surface area contributed by atoms with Gasteiger partial charge in [-0.25, -0.2) is 0 Å². The molecule has 1 amide bonds. The summed E-state index contributed by atoms with van der Waals surface area (Å²) in [6.45, 7) is 5.51. The van der Waals surface area contributed by atoms with E-state index in [2.05, 4.69) is 5.32 Å². The summed E-state index contributed by atoms with van der Waals surface area (Å²) in [5.74, 6) is -0.0785. The van der Waals surface area contributed by atoms with Gasteiger partial charge >= 0.3 is 0 Å². The van der Waals surface area contributed by atoms with Gasteiger partial charge in [0.05, 0.1) is 5.25 Å². The SMILES string of the molecule is CC(C)NC(=O)C(C)SC(=N)N. The molecule has 0 radical (unpaired) electrons. The number of hydrogen-bond acceptors (Lipinski definition) is 3. The summed E-state index contributed by atoms with van der Waals surface area (Å²) >= 11 is 1.05. The van der Waals surface area contributed by atoms with Crippen LogP contribution in [0.15, 0.2) is 0 Å². The number of carbonyl (C=O) groups excluding carboxylic acids is 1. The number of nitrogens with two attached hydrogens (primary N) is 1. The van der Waals surface area contributed by atoms with E-state index in [4.69, 9.17) is 11.1 Å². The fourth-order valence-electron chi connectivity index (χ4n) is 0.646. The predicted molar refractivity (Wildman–Crippen MR) is 52.2 cm³/mol. The Morgan fingerprint density at radius 1 is 1.50 bits per heavy atom. The Balaban J connectivity index is 3.85. The van der Waals surface area contributed by atoms with Gasteiger partial charge in [-0.3, -0.25) is 10.2 Å². The van der Waals surface area contributed by atoms with Crippen LogP contribution in [0.25, 0.3) is 0 Å². The van der Waals surface area contributed by atoms with Crippen molar-refractivity contribution in [1.82, 2.24) is 5.32 Å². The van der Waals surface area contributed by atoms with Gasteiger partial charge in [0.1, 0.15) is 0 Å². The summed E-state index contributed by atoms with van der Waals surface area (Å²) in [4.78, 5) is 11.2. The van der Waals surface area contributed by atoms with Crippen molar-refractivity contribution in [3.8, 4) is 0 Å². The average Bonchev–Trinajstić information content (AvgIpc) is 1.84. The number of nitrogens with one attached hydrogen (secondary N) is 2. The lowest BCUT2D eigenvalue weighted by Gasteiger charge is -2.12. The lowest BCUT2D eigenvalue weighted by atomic mass is 10.3. The summed E-state index contributed by atoms with van der Waals surface area (Å²) in [6.07, 6.45) is 0. The maximum absolute atomic E-state index is 11.2. The zero-order valence-corrected chi connectivity index (χ0v) is 8.37. The molecule has 0 spiro atoms. The summed E-state index contributed by atoms with van der Waals surface area (Å²) in [5.41, 5.74) is 5.13. The zero-order chi connectivity index (χ0) is 9.72. The van der Waals surface area contributed by atoms with E-state index in [1.807, 2.05) is 13.8 Å². The normalized spacial score (nSPS) is 12.7. The highest BCUT2D eigenvalue weighted by Crippen LogP contribution is 2.08. The molecule has 0 aromatic carbocycles. The molecule has 0 saturated heterocycles. The van der Waals surface area contributed by atoms with Gasteiger partial charge in [-0.1, -0.05) is 11.8 Å². The molecular formula is C7H15N3OS. The van der Waals surface area contributed by atoms with E-state index in [0.717, 1.165) is 11.8 Å². The molecular weight excluding hydrogens is 174 g/mol. The quantitative estimate of drug-likeness (QED) is 0.447. The van der Waals surface area contributed by atoms with E-state index < -0.39 is 0 Å². The third-order valence-electron chi connectivity index (χ3n) is 1.10. The van der Waals surface area contributed by atoms with E-state index in [1.165, 1.54) is 0 Å². The van der Waals surface area contributed by atoms with E-state index in [-0.39, 0.29) is 22.4 Å². The first-order chi connectivity index (χ1) is 5.43. The van der Waals surface area contributed by atoms with E-state index in [9.17, 15) is 4.79 Å². The topological polar surface area (TPSA) is 79.0 Å². The van der Waals surface area contributed by atoms with Gasteiger partial charge in [-0.15, -0.1) is 0 Å². The Morgan fingerprint density at radius 3 is 2.33 bits per heavy atom. The summed E-state index contributed by atoms with van der Waals surface area (Å²) < 4.78 is 0. The minimum absolute atomic E-state index is 0.0265. The first-order valence-electron chi connectivity index (χ1n) is 3.74. The van der Waals surface area contributed by atoms with Gasteiger partial charge in [0, 0.05) is 6.04 Å². The second-order valence-corrected chi connectivity index (χ2v) is 4.17. The van der Waals surface area contributed by atoms with Crippen LogP contribution in [0, 0.1) is 5.41 Å². The second kappa shape index (κ2) is 5.03. The van der Waals surface area contributed by atoms with Crippen LogP contribution in [0.5, 0.6) is 0 Å². The van der Waals surface area contributed by atoms with Crippen molar-refractivity contribution in [3.05, 3.63) is 0 Å². The van der Waals surface area contributed by atoms with Crippen molar-refractivity contribution in [3.63, 3.8) is 0 Å². The van der Waals surface area contributed by atoms with Crippen molar-refractivity contribution in [2.45, 2.75) is 32.1 Å². The van der Waals surface area contributed by atoms with Crippen molar-refractivity contribution in [2.24, 2.45) is 5.73 Å². The number of hydrogen-bond donors (Lipinski definition) is 3. The fourth-order valence-corrected chi connectivity index (χ4v) is 1.20. The molecule has 4 N–H and O–H groups in total. The van der Waals surface area contributed by atoms with Crippen molar-refractivity contribution in [1.29, 1.82) is 5.41 Å². The van der Waals surface area contributed by atoms with Gasteiger partial charge < -0.3 is 11.1 Å². The number of amides is 1. The van der Waals surface area contributed by atoms with E-state index >= 15 is 0 Å². The molecule has 0 heterocycles. The third-order valence-corrected chi connectivity index (χ3v) is 1.93. The third kappa shape index (κ3) is 5.01. The van der Waals surface area contributed by atoms with Gasteiger partial charge in [0.2, 0.25) is 5.91 Å². The van der Waals surface area contributed by atoms with Crippen molar-refractivity contribution >= 4 is 22.8 Å². The summed E-state index contributed by atoms with van der Waals surface area (Å²) in [6, 6.07) is 0.132. The zero-order valence-electron chi connectivity index (χ0n) is 7.55. The number of carbonyl (C=O) groups is 1. The van der Waals surface area contributed by atoms with Crippen molar-refractivity contribution in [2.75, 3.05) is 0 Å². The van der Waals surface area contributed by atoms with Crippen LogP contribution in [0.1, 0.15) is 20.8 Å². The Bertz CT molecular complexity index is 181. The molecule has 12 heavy (non-hydrogen) atoms. The smallest absolute Gasteiger partial charge is 0.233 e. The molecule has 0 aromatic rings. The van der Waals surface area contributed by atoms with Crippen LogP contribution in [-0.2, 0) is 4.79 Å². The van der Waals surface area contributed by atoms with Gasteiger partial charge in [-0.2, -0.15) is 0 Å². The van der Waals surface area contributed by atoms with Crippen LogP contribution in [0.2, 0.25) is 0 Å². The summed E-state index contributed by atoms with van der Waals surface area (Å²) in [5, 5.41) is 9.38. The van der Waals surface area contributed by atoms with Gasteiger partial charge in [0.15, 0.2) is 5.17 Å². The van der Waals surface area contributed by atoms with Crippen LogP contribution in [-0.4, -0.2) is 22.4 Å². The lowest BCUT2D eigenvalue weighted by Crippen LogP contribution is -2.36. The van der Waals surface area contributed by atoms with Crippen LogP contribution >= 0.6 is 11.8 Å². The highest BCUT2D eigenvalue weighted by atomic mass is 32.2. The first kappa shape index (κ1) is 11.3. The van der Waals surface area contributed by atoms with Crippen molar-refractivity contribution < 1.29 is 4.79 Å². The van der Waals surface area contributed by atoms with Gasteiger partial charge in [0.25, 0.3) is 0 Å². The molecule has 0 bridgehead atoms. The lowest BCUT2D eigenvalue weighted by molar-refractivity contribution is -0.120. The minimum atomic E-state index is -0.287. The molecule has 1 unspecified atom stereocenters. The molecule has 5 heteroatoms. The maximum atomic E-state index is 11.2. The molecule has 0 aliphatic rings. The van der Waals surface area contributed by atoms with E-state index in [1.54, 1.807) is 6.92 Å². The fraction of sp³-hybridized carbons (Fsp3) is 0.714. The molecule has 0 fully saturated rings. The Kier molecular flexibility index (Phi) is 4.73. The van der Waals surface area contributed by atoms with Gasteiger partial charge in [-0.05, 0) is 20.8 Å². The Labute approximate surface area is 76.8 Å². The molecule has 0 saturated carbocycles. The molecule has 1 atom stereocenters.